The molecule has 1 aliphatic rings. The van der Waals surface area contributed by atoms with Crippen LogP contribution in [0.5, 0.6) is 0 Å². The zero-order valence-electron chi connectivity index (χ0n) is 16.4. The Morgan fingerprint density at radius 2 is 1.62 bits per heavy atom. The molecule has 12 heteroatoms. The van der Waals surface area contributed by atoms with Gasteiger partial charge in [0.25, 0.3) is 11.8 Å². The van der Waals surface area contributed by atoms with Crippen molar-refractivity contribution in [2.24, 2.45) is 0 Å². The molecule has 0 saturated carbocycles. The fraction of sp³-hybridized carbons (Fsp3) is 0.250. The standard InChI is InChI=1S/C20H17F3N2O6S/c21-20(22,23)13-4-3-5-14(12-13)32(29,30)24-9-8-17(26)31-11-10-25-18(27)15-6-1-2-7-16(15)19(25)28/h1-7,12,24H,8-11H2. The van der Waals surface area contributed by atoms with Crippen LogP contribution in [0.3, 0.4) is 0 Å². The highest BCUT2D eigenvalue weighted by Gasteiger charge is 2.35. The van der Waals surface area contributed by atoms with Crippen molar-refractivity contribution in [1.82, 2.24) is 9.62 Å². The van der Waals surface area contributed by atoms with Crippen molar-refractivity contribution in [3.05, 3.63) is 65.2 Å². The van der Waals surface area contributed by atoms with E-state index in [2.05, 4.69) is 0 Å². The van der Waals surface area contributed by atoms with Crippen LogP contribution in [-0.2, 0) is 25.7 Å². The maximum absolute atomic E-state index is 12.7. The number of esters is 1. The van der Waals surface area contributed by atoms with E-state index in [1.807, 2.05) is 4.72 Å². The highest BCUT2D eigenvalue weighted by Crippen LogP contribution is 2.30. The van der Waals surface area contributed by atoms with Crippen LogP contribution in [0.2, 0.25) is 0 Å². The number of halogens is 3. The molecule has 1 aliphatic heterocycles. The summed E-state index contributed by atoms with van der Waals surface area (Å²) in [6.07, 6.45) is -5.10. The molecule has 0 atom stereocenters. The molecule has 2 aromatic rings. The number of alkyl halides is 3. The van der Waals surface area contributed by atoms with Gasteiger partial charge in [0.2, 0.25) is 10.0 Å². The van der Waals surface area contributed by atoms with Gasteiger partial charge in [0.1, 0.15) is 6.61 Å². The highest BCUT2D eigenvalue weighted by atomic mass is 32.2. The number of fused-ring (bicyclic) bond motifs is 1. The lowest BCUT2D eigenvalue weighted by Crippen LogP contribution is -2.34. The summed E-state index contributed by atoms with van der Waals surface area (Å²) >= 11 is 0. The smallest absolute Gasteiger partial charge is 0.416 e. The summed E-state index contributed by atoms with van der Waals surface area (Å²) in [5.41, 5.74) is -0.603. The third-order valence-electron chi connectivity index (χ3n) is 4.55. The first kappa shape index (κ1) is 23.4. The van der Waals surface area contributed by atoms with E-state index in [1.54, 1.807) is 12.1 Å². The Morgan fingerprint density at radius 3 is 2.22 bits per heavy atom. The second-order valence-corrected chi connectivity index (χ2v) is 8.47. The Bertz CT molecular complexity index is 1130. The molecule has 2 amide bonds. The summed E-state index contributed by atoms with van der Waals surface area (Å²) in [6, 6.07) is 9.45. The molecule has 2 aromatic carbocycles. The van der Waals surface area contributed by atoms with Gasteiger partial charge < -0.3 is 4.74 Å². The van der Waals surface area contributed by atoms with E-state index in [-0.39, 0.29) is 24.3 Å². The SMILES string of the molecule is O=C(CCNS(=O)(=O)c1cccc(C(F)(F)F)c1)OCCN1C(=O)c2ccccc2C1=O. The number of hydrogen-bond donors (Lipinski definition) is 1. The predicted molar refractivity (Wildman–Crippen MR) is 104 cm³/mol. The quantitative estimate of drug-likeness (QED) is 0.468. The van der Waals surface area contributed by atoms with Crippen LogP contribution in [0.1, 0.15) is 32.7 Å². The summed E-state index contributed by atoms with van der Waals surface area (Å²) in [4.78, 5) is 36.6. The summed E-state index contributed by atoms with van der Waals surface area (Å²) < 4.78 is 69.5. The number of imide groups is 1. The molecule has 1 heterocycles. The second-order valence-electron chi connectivity index (χ2n) is 6.70. The first-order valence-electron chi connectivity index (χ1n) is 9.28. The molecule has 0 radical (unpaired) electrons. The van der Waals surface area contributed by atoms with Crippen LogP contribution in [0, 0.1) is 0 Å². The number of amides is 2. The summed E-state index contributed by atoms with van der Waals surface area (Å²) in [6.45, 7) is -0.872. The van der Waals surface area contributed by atoms with Crippen molar-refractivity contribution in [2.75, 3.05) is 19.7 Å². The lowest BCUT2D eigenvalue weighted by molar-refractivity contribution is -0.143. The van der Waals surface area contributed by atoms with Crippen molar-refractivity contribution in [2.45, 2.75) is 17.5 Å². The van der Waals surface area contributed by atoms with Gasteiger partial charge in [-0.05, 0) is 30.3 Å². The van der Waals surface area contributed by atoms with Crippen molar-refractivity contribution in [1.29, 1.82) is 0 Å². The average Bonchev–Trinajstić information content (AvgIpc) is 2.98. The number of nitrogens with one attached hydrogen (secondary N) is 1. The first-order valence-corrected chi connectivity index (χ1v) is 10.8. The number of hydrogen-bond acceptors (Lipinski definition) is 6. The van der Waals surface area contributed by atoms with E-state index in [0.717, 1.165) is 23.1 Å². The molecule has 1 N–H and O–H groups in total. The van der Waals surface area contributed by atoms with Gasteiger partial charge in [0.15, 0.2) is 0 Å². The summed E-state index contributed by atoms with van der Waals surface area (Å²) in [5, 5.41) is 0. The average molecular weight is 470 g/mol. The predicted octanol–water partition coefficient (Wildman–Crippen LogP) is 2.21. The van der Waals surface area contributed by atoms with Gasteiger partial charge in [-0.25, -0.2) is 13.1 Å². The highest BCUT2D eigenvalue weighted by molar-refractivity contribution is 7.89. The van der Waals surface area contributed by atoms with Gasteiger partial charge in [0.05, 0.1) is 34.6 Å². The van der Waals surface area contributed by atoms with Crippen molar-refractivity contribution in [3.8, 4) is 0 Å². The maximum atomic E-state index is 12.7. The first-order chi connectivity index (χ1) is 15.0. The van der Waals surface area contributed by atoms with Crippen molar-refractivity contribution < 1.29 is 40.7 Å². The fourth-order valence-electron chi connectivity index (χ4n) is 2.98. The molecule has 0 spiro atoms. The molecule has 0 aromatic heterocycles. The van der Waals surface area contributed by atoms with Crippen LogP contribution < -0.4 is 4.72 Å². The fourth-order valence-corrected chi connectivity index (χ4v) is 4.05. The molecule has 32 heavy (non-hydrogen) atoms. The van der Waals surface area contributed by atoms with Gasteiger partial charge in [-0.2, -0.15) is 13.2 Å². The zero-order chi connectivity index (χ0) is 23.5. The van der Waals surface area contributed by atoms with Gasteiger partial charge in [-0.3, -0.25) is 19.3 Å². The van der Waals surface area contributed by atoms with Gasteiger partial charge in [-0.15, -0.1) is 0 Å². The zero-order valence-corrected chi connectivity index (χ0v) is 17.2. The van der Waals surface area contributed by atoms with Gasteiger partial charge >= 0.3 is 12.1 Å². The minimum atomic E-state index is -4.70. The van der Waals surface area contributed by atoms with Gasteiger partial charge in [0, 0.05) is 6.54 Å². The molecular formula is C20H17F3N2O6S. The Balaban J connectivity index is 1.46. The molecule has 0 aliphatic carbocycles. The van der Waals surface area contributed by atoms with Crippen molar-refractivity contribution >= 4 is 27.8 Å². The number of sulfonamides is 1. The van der Waals surface area contributed by atoms with Gasteiger partial charge in [-0.1, -0.05) is 18.2 Å². The maximum Gasteiger partial charge on any atom is 0.416 e. The monoisotopic (exact) mass is 470 g/mol. The number of carbonyl (C=O) groups excluding carboxylic acids is 3. The number of rotatable bonds is 8. The second kappa shape index (κ2) is 9.09. The van der Waals surface area contributed by atoms with E-state index in [0.29, 0.717) is 6.07 Å². The van der Waals surface area contributed by atoms with E-state index >= 15 is 0 Å². The molecule has 0 bridgehead atoms. The third-order valence-corrected chi connectivity index (χ3v) is 6.01. The minimum absolute atomic E-state index is 0.173. The number of ether oxygens (including phenoxy) is 1. The van der Waals surface area contributed by atoms with Crippen LogP contribution in [-0.4, -0.2) is 50.8 Å². The van der Waals surface area contributed by atoms with Crippen LogP contribution in [0.15, 0.2) is 53.4 Å². The Kier molecular flexibility index (Phi) is 6.65. The Labute approximate surface area is 181 Å². The van der Waals surface area contributed by atoms with E-state index in [1.165, 1.54) is 12.1 Å². The third kappa shape index (κ3) is 5.14. The molecular weight excluding hydrogens is 453 g/mol. The summed E-state index contributed by atoms with van der Waals surface area (Å²) in [5.74, 6) is -1.82. The largest absolute Gasteiger partial charge is 0.464 e. The normalized spacial score (nSPS) is 13.9. The molecule has 0 unspecified atom stereocenters. The number of carbonyl (C=O) groups is 3. The summed E-state index contributed by atoms with van der Waals surface area (Å²) in [7, 11) is -4.27. The Morgan fingerprint density at radius 1 is 1.00 bits per heavy atom. The molecule has 170 valence electrons. The molecule has 3 rings (SSSR count). The number of benzene rings is 2. The van der Waals surface area contributed by atoms with E-state index in [9.17, 15) is 36.0 Å². The topological polar surface area (TPSA) is 110 Å². The lowest BCUT2D eigenvalue weighted by Gasteiger charge is -2.14. The molecule has 8 nitrogen and oxygen atoms in total. The van der Waals surface area contributed by atoms with Crippen LogP contribution >= 0.6 is 0 Å². The Hall–Kier alpha value is -3.25. The lowest BCUT2D eigenvalue weighted by atomic mass is 10.1. The molecule has 0 fully saturated rings. The molecule has 0 saturated heterocycles. The minimum Gasteiger partial charge on any atom is -0.464 e. The van der Waals surface area contributed by atoms with E-state index in [4.69, 9.17) is 4.74 Å². The van der Waals surface area contributed by atoms with E-state index < -0.39 is 57.4 Å². The van der Waals surface area contributed by atoms with Crippen LogP contribution in [0.25, 0.3) is 0 Å². The van der Waals surface area contributed by atoms with Crippen molar-refractivity contribution in [3.63, 3.8) is 0 Å². The number of nitrogens with zero attached hydrogens (tertiary/aromatic N) is 1. The van der Waals surface area contributed by atoms with Crippen LogP contribution in [0.4, 0.5) is 13.2 Å².